The largest absolute Gasteiger partial charge is 0.341 e. The van der Waals surface area contributed by atoms with Gasteiger partial charge < -0.3 is 10.6 Å². The molecule has 2 rings (SSSR count). The summed E-state index contributed by atoms with van der Waals surface area (Å²) in [6, 6.07) is 15.9. The average molecular weight is 296 g/mol. The van der Waals surface area contributed by atoms with Crippen LogP contribution in [-0.2, 0) is 11.2 Å². The van der Waals surface area contributed by atoms with Crippen LogP contribution >= 0.6 is 0 Å². The maximum atomic E-state index is 12.2. The number of benzene rings is 2. The maximum Gasteiger partial charge on any atom is 0.251 e. The van der Waals surface area contributed by atoms with E-state index in [1.807, 2.05) is 37.3 Å². The highest BCUT2D eigenvalue weighted by Crippen LogP contribution is 2.15. The highest BCUT2D eigenvalue weighted by atomic mass is 16.2. The molecule has 0 bridgehead atoms. The van der Waals surface area contributed by atoms with Gasteiger partial charge in [0.1, 0.15) is 6.04 Å². The summed E-state index contributed by atoms with van der Waals surface area (Å²) in [4.78, 5) is 24.3. The predicted molar refractivity (Wildman–Crippen MR) is 87.8 cm³/mol. The van der Waals surface area contributed by atoms with Crippen LogP contribution in [0.4, 0.5) is 5.69 Å². The molecule has 0 saturated heterocycles. The molecule has 0 fully saturated rings. The number of carbonyl (C=O) groups excluding carboxylic acids is 2. The summed E-state index contributed by atoms with van der Waals surface area (Å²) in [6.45, 7) is 3.70. The van der Waals surface area contributed by atoms with Gasteiger partial charge >= 0.3 is 0 Å². The first kappa shape index (κ1) is 15.8. The molecule has 2 aromatic carbocycles. The molecule has 4 heteroatoms. The van der Waals surface area contributed by atoms with E-state index in [0.29, 0.717) is 5.56 Å². The fourth-order valence-electron chi connectivity index (χ4n) is 2.13. The van der Waals surface area contributed by atoms with Gasteiger partial charge in [-0.25, -0.2) is 0 Å². The lowest BCUT2D eigenvalue weighted by molar-refractivity contribution is -0.117. The van der Waals surface area contributed by atoms with Crippen LogP contribution in [-0.4, -0.2) is 17.9 Å². The van der Waals surface area contributed by atoms with E-state index in [4.69, 9.17) is 0 Å². The second kappa shape index (κ2) is 7.41. The van der Waals surface area contributed by atoms with E-state index in [-0.39, 0.29) is 11.8 Å². The molecule has 4 nitrogen and oxygen atoms in total. The monoisotopic (exact) mass is 296 g/mol. The minimum Gasteiger partial charge on any atom is -0.341 e. The smallest absolute Gasteiger partial charge is 0.251 e. The fourth-order valence-corrected chi connectivity index (χ4v) is 2.13. The van der Waals surface area contributed by atoms with E-state index in [9.17, 15) is 9.59 Å². The number of nitrogens with one attached hydrogen (secondary N) is 2. The Hall–Kier alpha value is -2.62. The van der Waals surface area contributed by atoms with Crippen LogP contribution in [0.1, 0.15) is 29.8 Å². The quantitative estimate of drug-likeness (QED) is 0.891. The first-order chi connectivity index (χ1) is 10.6. The normalized spacial score (nSPS) is 11.5. The molecular weight excluding hydrogens is 276 g/mol. The topological polar surface area (TPSA) is 58.2 Å². The van der Waals surface area contributed by atoms with E-state index in [2.05, 4.69) is 10.6 Å². The Bertz CT molecular complexity index is 653. The molecule has 2 amide bonds. The Morgan fingerprint density at radius 3 is 2.32 bits per heavy atom. The zero-order chi connectivity index (χ0) is 15.9. The Morgan fingerprint density at radius 1 is 1.00 bits per heavy atom. The minimum absolute atomic E-state index is 0.231. The maximum absolute atomic E-state index is 12.2. The minimum atomic E-state index is -0.613. The lowest BCUT2D eigenvalue weighted by Gasteiger charge is -2.16. The van der Waals surface area contributed by atoms with Crippen molar-refractivity contribution in [2.45, 2.75) is 26.3 Å². The van der Waals surface area contributed by atoms with Crippen LogP contribution in [0.3, 0.4) is 0 Å². The van der Waals surface area contributed by atoms with Crippen LogP contribution in [0.2, 0.25) is 0 Å². The van der Waals surface area contributed by atoms with Gasteiger partial charge in [-0.1, -0.05) is 43.3 Å². The Labute approximate surface area is 130 Å². The molecule has 2 aromatic rings. The van der Waals surface area contributed by atoms with Crippen molar-refractivity contribution in [3.8, 4) is 0 Å². The summed E-state index contributed by atoms with van der Waals surface area (Å²) < 4.78 is 0. The van der Waals surface area contributed by atoms with Crippen molar-refractivity contribution >= 4 is 17.5 Å². The van der Waals surface area contributed by atoms with Crippen LogP contribution in [0.25, 0.3) is 0 Å². The van der Waals surface area contributed by atoms with Crippen molar-refractivity contribution in [2.24, 2.45) is 0 Å². The molecule has 0 aliphatic heterocycles. The van der Waals surface area contributed by atoms with Crippen molar-refractivity contribution in [1.29, 1.82) is 0 Å². The van der Waals surface area contributed by atoms with Crippen molar-refractivity contribution in [3.63, 3.8) is 0 Å². The third-order valence-corrected chi connectivity index (χ3v) is 3.43. The first-order valence-electron chi connectivity index (χ1n) is 7.36. The van der Waals surface area contributed by atoms with Crippen LogP contribution in [0, 0.1) is 0 Å². The molecule has 0 aromatic heterocycles. The zero-order valence-electron chi connectivity index (χ0n) is 12.8. The number of hydrogen-bond acceptors (Lipinski definition) is 2. The highest BCUT2D eigenvalue weighted by Gasteiger charge is 2.17. The summed E-state index contributed by atoms with van der Waals surface area (Å²) in [7, 11) is 0. The van der Waals surface area contributed by atoms with E-state index in [1.165, 1.54) is 0 Å². The van der Waals surface area contributed by atoms with Crippen molar-refractivity contribution < 1.29 is 9.59 Å². The number of rotatable bonds is 5. The average Bonchev–Trinajstić information content (AvgIpc) is 2.56. The molecule has 0 spiro atoms. The molecule has 2 N–H and O–H groups in total. The molecular formula is C18H20N2O2. The number of amides is 2. The van der Waals surface area contributed by atoms with Gasteiger partial charge in [0.05, 0.1) is 0 Å². The van der Waals surface area contributed by atoms with Gasteiger partial charge in [-0.15, -0.1) is 0 Å². The summed E-state index contributed by atoms with van der Waals surface area (Å²) in [5.74, 6) is -0.489. The summed E-state index contributed by atoms with van der Waals surface area (Å²) in [6.07, 6.45) is 0.835. The van der Waals surface area contributed by atoms with Crippen molar-refractivity contribution in [2.75, 3.05) is 5.32 Å². The molecule has 0 radical (unpaired) electrons. The predicted octanol–water partition coefficient (Wildman–Crippen LogP) is 3.01. The zero-order valence-corrected chi connectivity index (χ0v) is 12.8. The molecule has 0 heterocycles. The standard InChI is InChI=1S/C18H20N2O2/c1-3-14-9-7-8-12-16(14)20-17(21)13(2)19-18(22)15-10-5-4-6-11-15/h4-13H,3H2,1-2H3,(H,19,22)(H,20,21). The Morgan fingerprint density at radius 2 is 1.64 bits per heavy atom. The first-order valence-corrected chi connectivity index (χ1v) is 7.36. The Kier molecular flexibility index (Phi) is 5.31. The second-order valence-electron chi connectivity index (χ2n) is 5.06. The SMILES string of the molecule is CCc1ccccc1NC(=O)C(C)NC(=O)c1ccccc1. The molecule has 114 valence electrons. The lowest BCUT2D eigenvalue weighted by Crippen LogP contribution is -2.41. The number of carbonyl (C=O) groups is 2. The summed E-state index contributed by atoms with van der Waals surface area (Å²) >= 11 is 0. The van der Waals surface area contributed by atoms with E-state index < -0.39 is 6.04 Å². The number of hydrogen-bond donors (Lipinski definition) is 2. The van der Waals surface area contributed by atoms with Gasteiger partial charge in [-0.2, -0.15) is 0 Å². The van der Waals surface area contributed by atoms with Gasteiger partial charge in [0, 0.05) is 11.3 Å². The molecule has 1 atom stereocenters. The summed E-state index contributed by atoms with van der Waals surface area (Å²) in [5.41, 5.74) is 2.39. The lowest BCUT2D eigenvalue weighted by atomic mass is 10.1. The van der Waals surface area contributed by atoms with Crippen LogP contribution in [0.5, 0.6) is 0 Å². The molecule has 0 saturated carbocycles. The number of anilines is 1. The molecule has 0 aliphatic carbocycles. The third-order valence-electron chi connectivity index (χ3n) is 3.43. The van der Waals surface area contributed by atoms with Crippen molar-refractivity contribution in [3.05, 3.63) is 65.7 Å². The Balaban J connectivity index is 1.99. The van der Waals surface area contributed by atoms with Gasteiger partial charge in [-0.05, 0) is 37.1 Å². The van der Waals surface area contributed by atoms with E-state index >= 15 is 0 Å². The van der Waals surface area contributed by atoms with Crippen molar-refractivity contribution in [1.82, 2.24) is 5.32 Å². The van der Waals surface area contributed by atoms with E-state index in [1.54, 1.807) is 31.2 Å². The molecule has 1 unspecified atom stereocenters. The van der Waals surface area contributed by atoms with Crippen LogP contribution in [0.15, 0.2) is 54.6 Å². The third kappa shape index (κ3) is 3.95. The van der Waals surface area contributed by atoms with Gasteiger partial charge in [-0.3, -0.25) is 9.59 Å². The second-order valence-corrected chi connectivity index (χ2v) is 5.06. The van der Waals surface area contributed by atoms with E-state index in [0.717, 1.165) is 17.7 Å². The summed E-state index contributed by atoms with van der Waals surface area (Å²) in [5, 5.41) is 5.57. The highest BCUT2D eigenvalue weighted by molar-refractivity contribution is 6.01. The molecule has 0 aliphatic rings. The number of aryl methyl sites for hydroxylation is 1. The van der Waals surface area contributed by atoms with Gasteiger partial charge in [0.25, 0.3) is 5.91 Å². The van der Waals surface area contributed by atoms with Gasteiger partial charge in [0.15, 0.2) is 0 Å². The van der Waals surface area contributed by atoms with Crippen LogP contribution < -0.4 is 10.6 Å². The number of para-hydroxylation sites is 1. The van der Waals surface area contributed by atoms with Gasteiger partial charge in [0.2, 0.25) is 5.91 Å². The fraction of sp³-hybridized carbons (Fsp3) is 0.222. The molecule has 22 heavy (non-hydrogen) atoms.